The lowest BCUT2D eigenvalue weighted by atomic mass is 10.0. The summed E-state index contributed by atoms with van der Waals surface area (Å²) in [6.45, 7) is 0. The van der Waals surface area contributed by atoms with E-state index in [1.807, 2.05) is 0 Å². The lowest BCUT2D eigenvalue weighted by molar-refractivity contribution is 0.0697. The summed E-state index contributed by atoms with van der Waals surface area (Å²) in [5.74, 6) is -1.16. The fraction of sp³-hybridized carbons (Fsp3) is 0. The van der Waals surface area contributed by atoms with E-state index >= 15 is 0 Å². The first kappa shape index (κ1) is 17.8. The van der Waals surface area contributed by atoms with Gasteiger partial charge in [0, 0.05) is 28.0 Å². The Labute approximate surface area is 152 Å². The molecule has 0 saturated carbocycles. The van der Waals surface area contributed by atoms with Crippen LogP contribution < -0.4 is 0 Å². The number of benzene rings is 1. The molecule has 1 N–H and O–H groups in total. The molecule has 0 aliphatic rings. The number of carbonyl (C=O) groups is 1. The Kier molecular flexibility index (Phi) is 5.32. The molecule has 0 radical (unpaired) electrons. The van der Waals surface area contributed by atoms with Crippen molar-refractivity contribution in [2.24, 2.45) is 0 Å². The topological polar surface area (TPSA) is 63.1 Å². The molecule has 0 spiro atoms. The van der Waals surface area contributed by atoms with Gasteiger partial charge in [-0.1, -0.05) is 34.8 Å². The van der Waals surface area contributed by atoms with Crippen LogP contribution in [0.15, 0.2) is 36.7 Å². The molecule has 0 aliphatic carbocycles. The van der Waals surface area contributed by atoms with Crippen LogP contribution in [-0.4, -0.2) is 21.0 Å². The summed E-state index contributed by atoms with van der Waals surface area (Å²) in [5.41, 5.74) is 2.17. The number of pyridine rings is 2. The zero-order valence-corrected chi connectivity index (χ0v) is 14.3. The minimum Gasteiger partial charge on any atom is -0.478 e. The van der Waals surface area contributed by atoms with Crippen LogP contribution in [0.1, 0.15) is 10.4 Å². The molecule has 0 bridgehead atoms. The first-order valence-corrected chi connectivity index (χ1v) is 7.23. The molecule has 2 aromatic heterocycles. The zero-order chi connectivity index (χ0) is 15.9. The van der Waals surface area contributed by atoms with Gasteiger partial charge < -0.3 is 5.11 Å². The Morgan fingerprint density at radius 2 is 1.65 bits per heavy atom. The van der Waals surface area contributed by atoms with Crippen LogP contribution in [0.3, 0.4) is 0 Å². The Hall–Kier alpha value is -1.59. The van der Waals surface area contributed by atoms with Crippen LogP contribution in [-0.2, 0) is 0 Å². The van der Waals surface area contributed by atoms with E-state index < -0.39 is 5.97 Å². The molecule has 118 valence electrons. The van der Waals surface area contributed by atoms with Crippen molar-refractivity contribution < 1.29 is 9.90 Å². The molecule has 0 amide bonds. The van der Waals surface area contributed by atoms with Crippen LogP contribution in [0.4, 0.5) is 0 Å². The molecular weight excluding hydrogens is 382 g/mol. The standard InChI is InChI=1S/C15H7Cl3N2O2.ClH/c16-8-3-7(4-9(17)5-8)10-1-2-19-14-12(18)11(15(21)22)6-20-13(10)14;/h1-6H,(H,21,22);1H. The van der Waals surface area contributed by atoms with Gasteiger partial charge in [0.15, 0.2) is 0 Å². The maximum absolute atomic E-state index is 11.1. The number of rotatable bonds is 2. The van der Waals surface area contributed by atoms with Crippen molar-refractivity contribution in [2.75, 3.05) is 0 Å². The van der Waals surface area contributed by atoms with Gasteiger partial charge >= 0.3 is 5.97 Å². The summed E-state index contributed by atoms with van der Waals surface area (Å²) < 4.78 is 0. The Morgan fingerprint density at radius 1 is 1.00 bits per heavy atom. The lowest BCUT2D eigenvalue weighted by Gasteiger charge is -2.09. The molecule has 3 rings (SSSR count). The van der Waals surface area contributed by atoms with E-state index in [-0.39, 0.29) is 23.0 Å². The minimum atomic E-state index is -1.16. The molecule has 3 aromatic rings. The third-order valence-corrected chi connectivity index (χ3v) is 3.91. The van der Waals surface area contributed by atoms with Gasteiger partial charge in [0.25, 0.3) is 0 Å². The van der Waals surface area contributed by atoms with Gasteiger partial charge in [-0.05, 0) is 29.8 Å². The summed E-state index contributed by atoms with van der Waals surface area (Å²) in [4.78, 5) is 19.4. The SMILES string of the molecule is Cl.O=C(O)c1cnc2c(-c3cc(Cl)cc(Cl)c3)ccnc2c1Cl. The quantitative estimate of drug-likeness (QED) is 0.639. The van der Waals surface area contributed by atoms with Crippen molar-refractivity contribution in [3.05, 3.63) is 57.3 Å². The fourth-order valence-corrected chi connectivity index (χ4v) is 2.94. The minimum absolute atomic E-state index is 0. The summed E-state index contributed by atoms with van der Waals surface area (Å²) in [6.07, 6.45) is 2.75. The molecule has 23 heavy (non-hydrogen) atoms. The summed E-state index contributed by atoms with van der Waals surface area (Å²) >= 11 is 18.2. The molecule has 0 unspecified atom stereocenters. The number of carboxylic acid groups (broad SMARTS) is 1. The van der Waals surface area contributed by atoms with Crippen molar-refractivity contribution in [3.63, 3.8) is 0 Å². The van der Waals surface area contributed by atoms with E-state index in [1.54, 1.807) is 24.3 Å². The van der Waals surface area contributed by atoms with Crippen LogP contribution in [0.25, 0.3) is 22.2 Å². The molecule has 0 atom stereocenters. The van der Waals surface area contributed by atoms with Crippen molar-refractivity contribution in [3.8, 4) is 11.1 Å². The van der Waals surface area contributed by atoms with Gasteiger partial charge in [-0.2, -0.15) is 0 Å². The number of nitrogens with zero attached hydrogens (tertiary/aromatic N) is 2. The molecule has 8 heteroatoms. The third-order valence-electron chi connectivity index (χ3n) is 3.10. The molecule has 0 fully saturated rings. The normalized spacial score (nSPS) is 10.4. The van der Waals surface area contributed by atoms with Gasteiger partial charge in [-0.25, -0.2) is 4.79 Å². The Morgan fingerprint density at radius 3 is 2.26 bits per heavy atom. The molecule has 4 nitrogen and oxygen atoms in total. The van der Waals surface area contributed by atoms with Gasteiger partial charge in [-0.3, -0.25) is 9.97 Å². The van der Waals surface area contributed by atoms with Crippen LogP contribution in [0.5, 0.6) is 0 Å². The van der Waals surface area contributed by atoms with Gasteiger partial charge in [0.2, 0.25) is 0 Å². The number of aromatic nitrogens is 2. The highest BCUT2D eigenvalue weighted by Crippen LogP contribution is 2.33. The summed E-state index contributed by atoms with van der Waals surface area (Å²) in [6, 6.07) is 6.85. The van der Waals surface area contributed by atoms with Gasteiger partial charge in [0.05, 0.1) is 16.1 Å². The van der Waals surface area contributed by atoms with E-state index in [1.165, 1.54) is 12.4 Å². The molecule has 2 heterocycles. The Bertz CT molecular complexity index is 895. The summed E-state index contributed by atoms with van der Waals surface area (Å²) in [7, 11) is 0. The van der Waals surface area contributed by atoms with Crippen molar-refractivity contribution in [2.45, 2.75) is 0 Å². The van der Waals surface area contributed by atoms with E-state index in [2.05, 4.69) is 9.97 Å². The highest BCUT2D eigenvalue weighted by atomic mass is 35.5. The number of hydrogen-bond donors (Lipinski definition) is 1. The third kappa shape index (κ3) is 3.35. The van der Waals surface area contributed by atoms with Crippen molar-refractivity contribution in [1.29, 1.82) is 0 Å². The predicted molar refractivity (Wildman–Crippen MR) is 94.2 cm³/mol. The Balaban J connectivity index is 0.00000192. The highest BCUT2D eigenvalue weighted by Gasteiger charge is 2.16. The van der Waals surface area contributed by atoms with Gasteiger partial charge in [0.1, 0.15) is 5.52 Å². The molecule has 0 saturated heterocycles. The van der Waals surface area contributed by atoms with E-state index in [0.29, 0.717) is 26.6 Å². The highest BCUT2D eigenvalue weighted by molar-refractivity contribution is 6.38. The zero-order valence-electron chi connectivity index (χ0n) is 11.3. The number of fused-ring (bicyclic) bond motifs is 1. The average Bonchev–Trinajstić information content (AvgIpc) is 2.45. The lowest BCUT2D eigenvalue weighted by Crippen LogP contribution is -2.00. The summed E-state index contributed by atoms with van der Waals surface area (Å²) in [5, 5.41) is 10.1. The number of carboxylic acids is 1. The van der Waals surface area contributed by atoms with Crippen molar-refractivity contribution >= 4 is 64.2 Å². The van der Waals surface area contributed by atoms with Crippen LogP contribution in [0.2, 0.25) is 15.1 Å². The monoisotopic (exact) mass is 388 g/mol. The predicted octanol–water partition coefficient (Wildman–Crippen LogP) is 5.38. The number of hydrogen-bond acceptors (Lipinski definition) is 3. The fourth-order valence-electron chi connectivity index (χ4n) is 2.15. The second-order valence-corrected chi connectivity index (χ2v) is 5.76. The molecular formula is C15H8Cl4N2O2. The van der Waals surface area contributed by atoms with E-state index in [9.17, 15) is 4.79 Å². The van der Waals surface area contributed by atoms with Gasteiger partial charge in [-0.15, -0.1) is 12.4 Å². The maximum atomic E-state index is 11.1. The first-order valence-electron chi connectivity index (χ1n) is 6.10. The van der Waals surface area contributed by atoms with Crippen LogP contribution >= 0.6 is 47.2 Å². The average molecular weight is 390 g/mol. The molecule has 1 aromatic carbocycles. The second-order valence-electron chi connectivity index (χ2n) is 4.50. The number of halogens is 4. The number of aromatic carboxylic acids is 1. The molecule has 0 aliphatic heterocycles. The maximum Gasteiger partial charge on any atom is 0.338 e. The first-order chi connectivity index (χ1) is 10.5. The van der Waals surface area contributed by atoms with E-state index in [4.69, 9.17) is 39.9 Å². The largest absolute Gasteiger partial charge is 0.478 e. The second kappa shape index (κ2) is 6.89. The smallest absolute Gasteiger partial charge is 0.338 e. The van der Waals surface area contributed by atoms with Crippen LogP contribution in [0, 0.1) is 0 Å². The van der Waals surface area contributed by atoms with E-state index in [0.717, 1.165) is 5.56 Å². The van der Waals surface area contributed by atoms with Crippen molar-refractivity contribution in [1.82, 2.24) is 9.97 Å².